The molecular weight excluding hydrogens is 214 g/mol. The van der Waals surface area contributed by atoms with E-state index in [2.05, 4.69) is 5.32 Å². The van der Waals surface area contributed by atoms with E-state index in [1.807, 2.05) is 6.92 Å². The largest absolute Gasteiger partial charge is 0.506 e. The summed E-state index contributed by atoms with van der Waals surface area (Å²) < 4.78 is 23.8. The predicted octanol–water partition coefficient (Wildman–Crippen LogP) is 1.23. The highest BCUT2D eigenvalue weighted by atomic mass is 32.2. The number of sulfone groups is 1. The second kappa shape index (κ2) is 3.41. The molecule has 0 saturated heterocycles. The number of benzene rings is 1. The Hall–Kier alpha value is -1.23. The molecule has 0 spiro atoms. The third-order valence-electron chi connectivity index (χ3n) is 2.47. The maximum Gasteiger partial charge on any atom is 0.180 e. The minimum Gasteiger partial charge on any atom is -0.506 e. The summed E-state index contributed by atoms with van der Waals surface area (Å²) in [4.78, 5) is 0.201. The second-order valence-corrected chi connectivity index (χ2v) is 5.92. The Kier molecular flexibility index (Phi) is 2.34. The summed E-state index contributed by atoms with van der Waals surface area (Å²) in [5.41, 5.74) is 0.335. The minimum absolute atomic E-state index is 0.00910. The molecule has 2 rings (SSSR count). The molecular formula is C10H13NO3S. The average molecular weight is 227 g/mol. The van der Waals surface area contributed by atoms with Crippen LogP contribution in [0.4, 0.5) is 5.69 Å². The fourth-order valence-electron chi connectivity index (χ4n) is 1.76. The van der Waals surface area contributed by atoms with Crippen molar-refractivity contribution in [2.75, 3.05) is 17.6 Å². The summed E-state index contributed by atoms with van der Waals surface area (Å²) in [5.74, 6) is 0.156. The topological polar surface area (TPSA) is 66.4 Å². The van der Waals surface area contributed by atoms with Crippen LogP contribution in [0.2, 0.25) is 0 Å². The number of fused-ring (bicyclic) bond motifs is 1. The summed E-state index contributed by atoms with van der Waals surface area (Å²) in [5, 5.41) is 12.5. The van der Waals surface area contributed by atoms with Crippen LogP contribution in [0, 0.1) is 5.92 Å². The molecule has 0 saturated carbocycles. The molecule has 0 fully saturated rings. The molecule has 1 aliphatic heterocycles. The van der Waals surface area contributed by atoms with Gasteiger partial charge >= 0.3 is 0 Å². The fraction of sp³-hybridized carbons (Fsp3) is 0.400. The van der Waals surface area contributed by atoms with Crippen molar-refractivity contribution in [2.24, 2.45) is 5.92 Å². The fourth-order valence-corrected chi connectivity index (χ4v) is 3.58. The second-order valence-electron chi connectivity index (χ2n) is 3.92. The van der Waals surface area contributed by atoms with E-state index in [9.17, 15) is 13.5 Å². The van der Waals surface area contributed by atoms with Crippen molar-refractivity contribution in [3.8, 4) is 5.75 Å². The van der Waals surface area contributed by atoms with Crippen molar-refractivity contribution < 1.29 is 13.5 Å². The highest BCUT2D eigenvalue weighted by Gasteiger charge is 2.26. The molecule has 0 amide bonds. The number of phenols is 1. The summed E-state index contributed by atoms with van der Waals surface area (Å²) >= 11 is 0. The number of aromatic hydroxyl groups is 1. The molecule has 1 aromatic rings. The van der Waals surface area contributed by atoms with Crippen LogP contribution < -0.4 is 5.32 Å². The summed E-state index contributed by atoms with van der Waals surface area (Å²) in [7, 11) is -3.27. The zero-order valence-corrected chi connectivity index (χ0v) is 9.21. The predicted molar refractivity (Wildman–Crippen MR) is 57.8 cm³/mol. The quantitative estimate of drug-likeness (QED) is 0.654. The van der Waals surface area contributed by atoms with Gasteiger partial charge < -0.3 is 10.4 Å². The van der Waals surface area contributed by atoms with Crippen LogP contribution in [0.3, 0.4) is 0 Å². The first kappa shape index (κ1) is 10.3. The van der Waals surface area contributed by atoms with Crippen LogP contribution in [0.25, 0.3) is 0 Å². The first-order valence-electron chi connectivity index (χ1n) is 4.79. The molecule has 82 valence electrons. The van der Waals surface area contributed by atoms with Gasteiger partial charge in [-0.15, -0.1) is 0 Å². The van der Waals surface area contributed by atoms with E-state index in [4.69, 9.17) is 0 Å². The van der Waals surface area contributed by atoms with Gasteiger partial charge in [0.25, 0.3) is 0 Å². The first-order valence-corrected chi connectivity index (χ1v) is 6.44. The van der Waals surface area contributed by atoms with E-state index < -0.39 is 9.84 Å². The standard InChI is InChI=1S/C10H13NO3S/c1-7-5-11-10-8(12)3-2-4-9(10)15(13,14)6-7/h2-4,7,11-12H,5-6H2,1H3. The Morgan fingerprint density at radius 3 is 2.93 bits per heavy atom. The Morgan fingerprint density at radius 1 is 1.47 bits per heavy atom. The maximum atomic E-state index is 11.9. The van der Waals surface area contributed by atoms with Crippen molar-refractivity contribution in [1.82, 2.24) is 0 Å². The normalized spacial score (nSPS) is 23.7. The molecule has 2 N–H and O–H groups in total. The lowest BCUT2D eigenvalue weighted by Gasteiger charge is -2.08. The van der Waals surface area contributed by atoms with Crippen molar-refractivity contribution >= 4 is 15.5 Å². The van der Waals surface area contributed by atoms with Crippen LogP contribution in [0.1, 0.15) is 6.92 Å². The van der Waals surface area contributed by atoms with E-state index in [0.717, 1.165) is 0 Å². The highest BCUT2D eigenvalue weighted by molar-refractivity contribution is 7.91. The van der Waals surface area contributed by atoms with Crippen LogP contribution in [0.15, 0.2) is 23.1 Å². The lowest BCUT2D eigenvalue weighted by Crippen LogP contribution is -2.15. The molecule has 1 atom stereocenters. The van der Waals surface area contributed by atoms with Crippen LogP contribution in [0.5, 0.6) is 5.75 Å². The van der Waals surface area contributed by atoms with Crippen LogP contribution in [-0.4, -0.2) is 25.8 Å². The Bertz CT molecular complexity index is 481. The van der Waals surface area contributed by atoms with Gasteiger partial charge in [-0.2, -0.15) is 0 Å². The van der Waals surface area contributed by atoms with E-state index in [1.165, 1.54) is 12.1 Å². The van der Waals surface area contributed by atoms with E-state index >= 15 is 0 Å². The molecule has 5 heteroatoms. The van der Waals surface area contributed by atoms with Crippen LogP contribution >= 0.6 is 0 Å². The zero-order chi connectivity index (χ0) is 11.1. The zero-order valence-electron chi connectivity index (χ0n) is 8.40. The van der Waals surface area contributed by atoms with Gasteiger partial charge in [-0.1, -0.05) is 13.0 Å². The van der Waals surface area contributed by atoms with Gasteiger partial charge in [0.1, 0.15) is 5.75 Å². The van der Waals surface area contributed by atoms with Crippen molar-refractivity contribution in [3.05, 3.63) is 18.2 Å². The maximum absolute atomic E-state index is 11.9. The van der Waals surface area contributed by atoms with Crippen molar-refractivity contribution in [1.29, 1.82) is 0 Å². The van der Waals surface area contributed by atoms with Gasteiger partial charge in [0.2, 0.25) is 0 Å². The lowest BCUT2D eigenvalue weighted by molar-refractivity contribution is 0.475. The van der Waals surface area contributed by atoms with Gasteiger partial charge in [0.15, 0.2) is 9.84 Å². The number of para-hydroxylation sites is 1. The van der Waals surface area contributed by atoms with Gasteiger partial charge in [0.05, 0.1) is 16.3 Å². The Balaban J connectivity index is 2.64. The monoisotopic (exact) mass is 227 g/mol. The van der Waals surface area contributed by atoms with E-state index in [-0.39, 0.29) is 22.3 Å². The molecule has 1 aliphatic rings. The van der Waals surface area contributed by atoms with Crippen molar-refractivity contribution in [2.45, 2.75) is 11.8 Å². The minimum atomic E-state index is -3.27. The molecule has 0 aliphatic carbocycles. The summed E-state index contributed by atoms with van der Waals surface area (Å²) in [6, 6.07) is 4.55. The van der Waals surface area contributed by atoms with Crippen LogP contribution in [-0.2, 0) is 9.84 Å². The first-order chi connectivity index (χ1) is 7.00. The average Bonchev–Trinajstić information content (AvgIpc) is 2.24. The lowest BCUT2D eigenvalue weighted by atomic mass is 10.2. The summed E-state index contributed by atoms with van der Waals surface area (Å²) in [6.07, 6.45) is 0. The number of rotatable bonds is 0. The molecule has 15 heavy (non-hydrogen) atoms. The van der Waals surface area contributed by atoms with Gasteiger partial charge in [-0.05, 0) is 18.1 Å². The van der Waals surface area contributed by atoms with Gasteiger partial charge in [-0.3, -0.25) is 0 Å². The highest BCUT2D eigenvalue weighted by Crippen LogP contribution is 2.34. The molecule has 4 nitrogen and oxygen atoms in total. The summed E-state index contributed by atoms with van der Waals surface area (Å²) in [6.45, 7) is 2.43. The van der Waals surface area contributed by atoms with Gasteiger partial charge in [-0.25, -0.2) is 8.42 Å². The Labute approximate surface area is 88.9 Å². The van der Waals surface area contributed by atoms with E-state index in [0.29, 0.717) is 12.2 Å². The van der Waals surface area contributed by atoms with Gasteiger partial charge in [0, 0.05) is 6.54 Å². The molecule has 0 bridgehead atoms. The molecule has 1 unspecified atom stereocenters. The molecule has 0 radical (unpaired) electrons. The number of anilines is 1. The number of hydrogen-bond donors (Lipinski definition) is 2. The Morgan fingerprint density at radius 2 is 2.20 bits per heavy atom. The van der Waals surface area contributed by atoms with Crippen molar-refractivity contribution in [3.63, 3.8) is 0 Å². The number of nitrogens with one attached hydrogen (secondary N) is 1. The SMILES string of the molecule is CC1CNc2c(O)cccc2S(=O)(=O)C1. The molecule has 1 aromatic carbocycles. The smallest absolute Gasteiger partial charge is 0.180 e. The molecule has 0 aromatic heterocycles. The third-order valence-corrected chi connectivity index (χ3v) is 4.49. The third kappa shape index (κ3) is 1.79. The van der Waals surface area contributed by atoms with E-state index in [1.54, 1.807) is 6.07 Å². The number of hydrogen-bond acceptors (Lipinski definition) is 4. The molecule has 1 heterocycles. The number of phenolic OH excluding ortho intramolecular Hbond substituents is 1.